The molecule has 0 bridgehead atoms. The van der Waals surface area contributed by atoms with E-state index in [0.29, 0.717) is 0 Å². The third kappa shape index (κ3) is 3.00. The van der Waals surface area contributed by atoms with Gasteiger partial charge in [0.05, 0.1) is 22.5 Å². The van der Waals surface area contributed by atoms with Crippen molar-refractivity contribution in [1.29, 1.82) is 0 Å². The van der Waals surface area contributed by atoms with E-state index in [2.05, 4.69) is 4.98 Å². The van der Waals surface area contributed by atoms with Crippen LogP contribution in [0.15, 0.2) is 52.5 Å². The first-order valence-corrected chi connectivity index (χ1v) is 7.23. The fourth-order valence-electron chi connectivity index (χ4n) is 1.65. The summed E-state index contributed by atoms with van der Waals surface area (Å²) in [6, 6.07) is 6.02. The van der Waals surface area contributed by atoms with E-state index in [9.17, 15) is 13.2 Å². The lowest BCUT2D eigenvalue weighted by Crippen LogP contribution is -2.23. The Morgan fingerprint density at radius 1 is 1.26 bits per heavy atom. The highest BCUT2D eigenvalue weighted by Crippen LogP contribution is 2.17. The quantitative estimate of drug-likeness (QED) is 0.868. The van der Waals surface area contributed by atoms with E-state index in [0.717, 1.165) is 0 Å². The molecule has 0 atom stereocenters. The average Bonchev–Trinajstić information content (AvgIpc) is 2.38. The normalized spacial score (nSPS) is 11.4. The number of anilines is 1. The number of pyridine rings is 2. The van der Waals surface area contributed by atoms with Gasteiger partial charge in [0.1, 0.15) is 0 Å². The van der Waals surface area contributed by atoms with Gasteiger partial charge in [0.15, 0.2) is 9.84 Å². The Balaban J connectivity index is 2.22. The van der Waals surface area contributed by atoms with Crippen molar-refractivity contribution >= 4 is 15.5 Å². The molecule has 0 saturated carbocycles. The molecule has 19 heavy (non-hydrogen) atoms. The molecule has 0 amide bonds. The molecule has 0 saturated heterocycles. The predicted octanol–water partition coefficient (Wildman–Crippen LogP) is 0.299. The second kappa shape index (κ2) is 5.23. The van der Waals surface area contributed by atoms with Crippen molar-refractivity contribution in [2.24, 2.45) is 0 Å². The smallest absolute Gasteiger partial charge is 0.250 e. The molecule has 0 aromatic carbocycles. The van der Waals surface area contributed by atoms with Crippen LogP contribution in [0.1, 0.15) is 0 Å². The van der Waals surface area contributed by atoms with Crippen LogP contribution < -0.4 is 11.3 Å². The van der Waals surface area contributed by atoms with Crippen LogP contribution in [0.5, 0.6) is 0 Å². The summed E-state index contributed by atoms with van der Waals surface area (Å²) in [4.78, 5) is 15.3. The number of nitrogen functional groups attached to an aromatic ring is 1. The summed E-state index contributed by atoms with van der Waals surface area (Å²) in [5.74, 6) is -0.189. The van der Waals surface area contributed by atoms with Gasteiger partial charge in [-0.3, -0.25) is 9.78 Å². The lowest BCUT2D eigenvalue weighted by atomic mass is 10.4. The Morgan fingerprint density at radius 3 is 2.74 bits per heavy atom. The average molecular weight is 279 g/mol. The second-order valence-electron chi connectivity index (χ2n) is 3.96. The summed E-state index contributed by atoms with van der Waals surface area (Å²) >= 11 is 0. The molecule has 100 valence electrons. The molecule has 0 unspecified atom stereocenters. The molecule has 2 rings (SSSR count). The molecular formula is C12H13N3O3S. The number of nitrogens with two attached hydrogens (primary N) is 1. The van der Waals surface area contributed by atoms with Crippen LogP contribution >= 0.6 is 0 Å². The van der Waals surface area contributed by atoms with Gasteiger partial charge in [-0.1, -0.05) is 6.07 Å². The van der Waals surface area contributed by atoms with Crippen LogP contribution in [0.4, 0.5) is 5.69 Å². The largest absolute Gasteiger partial charge is 0.396 e. The van der Waals surface area contributed by atoms with Crippen LogP contribution in [0.2, 0.25) is 0 Å². The van der Waals surface area contributed by atoms with Crippen molar-refractivity contribution in [2.45, 2.75) is 11.4 Å². The molecule has 0 aliphatic carbocycles. The maximum Gasteiger partial charge on any atom is 0.250 e. The number of hydrogen-bond donors (Lipinski definition) is 1. The maximum atomic E-state index is 12.1. The van der Waals surface area contributed by atoms with Gasteiger partial charge in [-0.15, -0.1) is 0 Å². The first kappa shape index (κ1) is 13.3. The number of hydrogen-bond acceptors (Lipinski definition) is 5. The zero-order chi connectivity index (χ0) is 13.9. The molecule has 2 heterocycles. The Labute approximate surface area is 110 Å². The van der Waals surface area contributed by atoms with Crippen LogP contribution in [0.25, 0.3) is 0 Å². The van der Waals surface area contributed by atoms with Crippen molar-refractivity contribution in [2.75, 3.05) is 11.5 Å². The topological polar surface area (TPSA) is 95.0 Å². The van der Waals surface area contributed by atoms with Crippen LogP contribution in [0.3, 0.4) is 0 Å². The van der Waals surface area contributed by atoms with E-state index in [1.54, 1.807) is 18.3 Å². The molecule has 0 aliphatic heterocycles. The molecule has 0 fully saturated rings. The molecule has 2 N–H and O–H groups in total. The molecular weight excluding hydrogens is 266 g/mol. The Hall–Kier alpha value is -2.15. The maximum absolute atomic E-state index is 12.1. The second-order valence-corrected chi connectivity index (χ2v) is 6.04. The van der Waals surface area contributed by atoms with Crippen molar-refractivity contribution in [3.8, 4) is 0 Å². The number of sulfone groups is 1. The highest BCUT2D eigenvalue weighted by Gasteiger charge is 2.17. The summed E-state index contributed by atoms with van der Waals surface area (Å²) in [6.45, 7) is 0.0871. The van der Waals surface area contributed by atoms with Gasteiger partial charge in [0.2, 0.25) is 0 Å². The molecule has 0 aliphatic rings. The Bertz CT molecular complexity index is 738. The van der Waals surface area contributed by atoms with Crippen LogP contribution in [-0.2, 0) is 16.4 Å². The predicted molar refractivity (Wildman–Crippen MR) is 71.4 cm³/mol. The Morgan fingerprint density at radius 2 is 2.05 bits per heavy atom. The lowest BCUT2D eigenvalue weighted by Gasteiger charge is -2.08. The van der Waals surface area contributed by atoms with Crippen molar-refractivity contribution in [1.82, 2.24) is 9.55 Å². The highest BCUT2D eigenvalue weighted by atomic mass is 32.2. The summed E-state index contributed by atoms with van der Waals surface area (Å²) < 4.78 is 25.6. The molecule has 6 nitrogen and oxygen atoms in total. The first-order chi connectivity index (χ1) is 9.00. The zero-order valence-corrected chi connectivity index (χ0v) is 10.9. The van der Waals surface area contributed by atoms with E-state index < -0.39 is 9.84 Å². The number of aromatic nitrogens is 2. The Kier molecular flexibility index (Phi) is 3.66. The van der Waals surface area contributed by atoms with E-state index >= 15 is 0 Å². The van der Waals surface area contributed by atoms with E-state index in [1.807, 2.05) is 0 Å². The molecule has 7 heteroatoms. The minimum atomic E-state index is -3.53. The standard InChI is InChI=1S/C12H13N3O3S/c13-10-9-14-5-4-11(10)19(17,18)8-7-15-6-2-1-3-12(15)16/h1-6,9H,7-8,13H2. The van der Waals surface area contributed by atoms with Gasteiger partial charge in [-0.05, 0) is 12.1 Å². The number of rotatable bonds is 4. The monoisotopic (exact) mass is 279 g/mol. The number of aryl methyl sites for hydroxylation is 1. The van der Waals surface area contributed by atoms with Crippen LogP contribution in [0, 0.1) is 0 Å². The lowest BCUT2D eigenvalue weighted by molar-refractivity contribution is 0.587. The fourth-order valence-corrected chi connectivity index (χ4v) is 2.99. The van der Waals surface area contributed by atoms with E-state index in [4.69, 9.17) is 5.73 Å². The van der Waals surface area contributed by atoms with Gasteiger partial charge in [0.25, 0.3) is 5.56 Å². The van der Waals surface area contributed by atoms with E-state index in [-0.39, 0.29) is 28.4 Å². The molecule has 2 aromatic rings. The fraction of sp³-hybridized carbons (Fsp3) is 0.167. The molecule has 0 radical (unpaired) electrons. The zero-order valence-electron chi connectivity index (χ0n) is 10.1. The van der Waals surface area contributed by atoms with Crippen molar-refractivity contribution < 1.29 is 8.42 Å². The van der Waals surface area contributed by atoms with Gasteiger partial charge >= 0.3 is 0 Å². The minimum absolute atomic E-state index is 0.0477. The summed E-state index contributed by atoms with van der Waals surface area (Å²) in [5, 5.41) is 0. The third-order valence-corrected chi connectivity index (χ3v) is 4.41. The third-order valence-electron chi connectivity index (χ3n) is 2.65. The first-order valence-electron chi connectivity index (χ1n) is 5.58. The van der Waals surface area contributed by atoms with Crippen molar-refractivity contribution in [3.05, 3.63) is 53.2 Å². The van der Waals surface area contributed by atoms with Gasteiger partial charge in [-0.25, -0.2) is 8.42 Å². The van der Waals surface area contributed by atoms with Gasteiger partial charge < -0.3 is 10.3 Å². The molecule has 0 spiro atoms. The summed E-state index contributed by atoms with van der Waals surface area (Å²) in [7, 11) is -3.53. The number of nitrogens with zero attached hydrogens (tertiary/aromatic N) is 2. The summed E-state index contributed by atoms with van der Waals surface area (Å²) in [5.41, 5.74) is 5.47. The van der Waals surface area contributed by atoms with Crippen LogP contribution in [-0.4, -0.2) is 23.7 Å². The molecule has 2 aromatic heterocycles. The summed E-state index contributed by atoms with van der Waals surface area (Å²) in [6.07, 6.45) is 4.22. The van der Waals surface area contributed by atoms with Crippen molar-refractivity contribution in [3.63, 3.8) is 0 Å². The highest BCUT2D eigenvalue weighted by molar-refractivity contribution is 7.91. The van der Waals surface area contributed by atoms with Gasteiger partial charge in [0, 0.05) is 25.0 Å². The minimum Gasteiger partial charge on any atom is -0.396 e. The van der Waals surface area contributed by atoms with E-state index in [1.165, 1.54) is 29.1 Å². The SMILES string of the molecule is Nc1cnccc1S(=O)(=O)CCn1ccccc1=O. The van der Waals surface area contributed by atoms with Gasteiger partial charge in [-0.2, -0.15) is 0 Å².